The van der Waals surface area contributed by atoms with Gasteiger partial charge in [-0.25, -0.2) is 9.37 Å². The number of aryl methyl sites for hydroxylation is 2. The lowest BCUT2D eigenvalue weighted by molar-refractivity contribution is 0.209. The molecule has 1 saturated carbocycles. The summed E-state index contributed by atoms with van der Waals surface area (Å²) in [7, 11) is 0. The summed E-state index contributed by atoms with van der Waals surface area (Å²) < 4.78 is 22.0. The van der Waals surface area contributed by atoms with E-state index < -0.39 is 5.82 Å². The Morgan fingerprint density at radius 2 is 1.94 bits per heavy atom. The zero-order valence-corrected chi connectivity index (χ0v) is 18.4. The number of hydrogen-bond acceptors (Lipinski definition) is 7. The van der Waals surface area contributed by atoms with Gasteiger partial charge in [-0.15, -0.1) is 10.2 Å². The molecular weight excluding hydrogens is 437 g/mol. The summed E-state index contributed by atoms with van der Waals surface area (Å²) in [5.41, 5.74) is 1.54. The van der Waals surface area contributed by atoms with Crippen molar-refractivity contribution in [3.63, 3.8) is 0 Å². The molecule has 1 aliphatic carbocycles. The molecule has 10 heteroatoms. The molecule has 0 unspecified atom stereocenters. The van der Waals surface area contributed by atoms with Crippen molar-refractivity contribution in [3.8, 4) is 11.4 Å². The maximum atomic E-state index is 14.7. The van der Waals surface area contributed by atoms with E-state index in [0.717, 1.165) is 37.7 Å². The average molecular weight is 462 g/mol. The van der Waals surface area contributed by atoms with Crippen LogP contribution in [0.3, 0.4) is 0 Å². The smallest absolute Gasteiger partial charge is 0.298 e. The van der Waals surface area contributed by atoms with E-state index in [0.29, 0.717) is 23.7 Å². The van der Waals surface area contributed by atoms with Crippen LogP contribution in [0.1, 0.15) is 37.1 Å². The van der Waals surface area contributed by atoms with Crippen LogP contribution in [0.2, 0.25) is 0 Å². The molecule has 0 aliphatic heterocycles. The van der Waals surface area contributed by atoms with Crippen LogP contribution in [0.4, 0.5) is 15.9 Å². The molecule has 2 N–H and O–H groups in total. The molecule has 2 aromatic carbocycles. The van der Waals surface area contributed by atoms with Crippen molar-refractivity contribution >= 4 is 11.5 Å². The quantitative estimate of drug-likeness (QED) is 0.411. The first-order valence-electron chi connectivity index (χ1n) is 11.3. The number of H-pyrrole nitrogens is 1. The molecule has 1 aliphatic rings. The first kappa shape index (κ1) is 21.7. The monoisotopic (exact) mass is 461 g/mol. The van der Waals surface area contributed by atoms with E-state index in [-0.39, 0.29) is 23.2 Å². The second-order valence-corrected chi connectivity index (χ2v) is 8.24. The zero-order valence-electron chi connectivity index (χ0n) is 18.4. The molecule has 0 atom stereocenters. The Bertz CT molecular complexity index is 1300. The lowest BCUT2D eigenvalue weighted by Gasteiger charge is -2.14. The van der Waals surface area contributed by atoms with Gasteiger partial charge in [-0.2, -0.15) is 5.21 Å². The highest BCUT2D eigenvalue weighted by Crippen LogP contribution is 2.27. The topological polar surface area (TPSA) is 111 Å². The number of halogens is 1. The van der Waals surface area contributed by atoms with Crippen LogP contribution in [-0.4, -0.2) is 36.3 Å². The summed E-state index contributed by atoms with van der Waals surface area (Å²) in [6.07, 6.45) is 8.91. The molecule has 9 nitrogen and oxygen atoms in total. The van der Waals surface area contributed by atoms with Crippen molar-refractivity contribution in [2.75, 3.05) is 5.32 Å². The number of nitrogens with zero attached hydrogens (tertiary/aromatic N) is 5. The Morgan fingerprint density at radius 3 is 2.68 bits per heavy atom. The van der Waals surface area contributed by atoms with Gasteiger partial charge in [-0.1, -0.05) is 17.3 Å². The number of anilines is 2. The fourth-order valence-corrected chi connectivity index (χ4v) is 4.07. The SMILES string of the molecule is O=c1c(Nc2ccc(OC3CCCC3)cc2F)nccn1-c1ccc(CCc2nn[nH]n2)cc1. The van der Waals surface area contributed by atoms with E-state index in [9.17, 15) is 9.18 Å². The molecule has 0 bridgehead atoms. The Hall–Kier alpha value is -4.08. The molecule has 2 heterocycles. The summed E-state index contributed by atoms with van der Waals surface area (Å²) in [6, 6.07) is 12.2. The molecule has 0 radical (unpaired) electrons. The lowest BCUT2D eigenvalue weighted by atomic mass is 10.1. The van der Waals surface area contributed by atoms with Crippen LogP contribution in [0, 0.1) is 5.82 Å². The van der Waals surface area contributed by atoms with Crippen molar-refractivity contribution in [2.45, 2.75) is 44.6 Å². The van der Waals surface area contributed by atoms with Gasteiger partial charge in [0.1, 0.15) is 11.6 Å². The average Bonchev–Trinajstić information content (AvgIpc) is 3.56. The van der Waals surface area contributed by atoms with Crippen molar-refractivity contribution in [1.29, 1.82) is 0 Å². The van der Waals surface area contributed by atoms with Gasteiger partial charge in [-0.05, 0) is 61.9 Å². The van der Waals surface area contributed by atoms with Gasteiger partial charge in [0, 0.05) is 30.6 Å². The van der Waals surface area contributed by atoms with Crippen molar-refractivity contribution < 1.29 is 9.13 Å². The maximum absolute atomic E-state index is 14.7. The van der Waals surface area contributed by atoms with Crippen LogP contribution in [-0.2, 0) is 12.8 Å². The largest absolute Gasteiger partial charge is 0.490 e. The number of aromatic nitrogens is 6. The van der Waals surface area contributed by atoms with E-state index in [1.54, 1.807) is 18.3 Å². The second-order valence-electron chi connectivity index (χ2n) is 8.24. The summed E-state index contributed by atoms with van der Waals surface area (Å²) in [4.78, 5) is 17.1. The number of rotatable bonds is 8. The van der Waals surface area contributed by atoms with Gasteiger partial charge < -0.3 is 10.1 Å². The fraction of sp³-hybridized carbons (Fsp3) is 0.292. The maximum Gasteiger partial charge on any atom is 0.298 e. The first-order valence-corrected chi connectivity index (χ1v) is 11.3. The third-order valence-corrected chi connectivity index (χ3v) is 5.88. The number of benzene rings is 2. The highest BCUT2D eigenvalue weighted by atomic mass is 19.1. The van der Waals surface area contributed by atoms with Crippen molar-refractivity contribution in [3.05, 3.63) is 82.4 Å². The summed E-state index contributed by atoms with van der Waals surface area (Å²) in [5.74, 6) is 0.674. The van der Waals surface area contributed by atoms with Crippen LogP contribution in [0.5, 0.6) is 5.75 Å². The molecule has 4 aromatic rings. The predicted octanol–water partition coefficient (Wildman–Crippen LogP) is 3.73. The zero-order chi connectivity index (χ0) is 23.3. The highest BCUT2D eigenvalue weighted by molar-refractivity contribution is 5.58. The minimum atomic E-state index is -0.502. The van der Waals surface area contributed by atoms with Gasteiger partial charge in [-0.3, -0.25) is 9.36 Å². The molecule has 2 aromatic heterocycles. The van der Waals surface area contributed by atoms with Crippen molar-refractivity contribution in [2.24, 2.45) is 0 Å². The third kappa shape index (κ3) is 4.95. The molecule has 0 spiro atoms. The van der Waals surface area contributed by atoms with E-state index >= 15 is 0 Å². The molecular formula is C24H24FN7O2. The minimum absolute atomic E-state index is 0.0343. The Balaban J connectivity index is 1.29. The van der Waals surface area contributed by atoms with Crippen LogP contribution >= 0.6 is 0 Å². The Labute approximate surface area is 195 Å². The predicted molar refractivity (Wildman–Crippen MR) is 124 cm³/mol. The Morgan fingerprint density at radius 1 is 1.12 bits per heavy atom. The van der Waals surface area contributed by atoms with E-state index in [1.165, 1.54) is 16.8 Å². The standard InChI is InChI=1S/C24H24FN7O2/c25-20-15-19(34-18-3-1-2-4-18)10-11-21(20)27-23-24(33)32(14-13-26-23)17-8-5-16(6-9-17)7-12-22-28-30-31-29-22/h5-6,8-11,13-15,18H,1-4,7,12H2,(H,26,27)(H,28,29,30,31). The van der Waals surface area contributed by atoms with E-state index in [4.69, 9.17) is 4.74 Å². The highest BCUT2D eigenvalue weighted by Gasteiger charge is 2.17. The molecule has 0 amide bonds. The van der Waals surface area contributed by atoms with Crippen LogP contribution in [0.25, 0.3) is 5.69 Å². The molecule has 5 rings (SSSR count). The summed E-state index contributed by atoms with van der Waals surface area (Å²) >= 11 is 0. The van der Waals surface area contributed by atoms with Crippen molar-refractivity contribution in [1.82, 2.24) is 30.2 Å². The lowest BCUT2D eigenvalue weighted by Crippen LogP contribution is -2.22. The van der Waals surface area contributed by atoms with Crippen LogP contribution in [0.15, 0.2) is 59.7 Å². The van der Waals surface area contributed by atoms with E-state index in [2.05, 4.69) is 30.9 Å². The summed E-state index contributed by atoms with van der Waals surface area (Å²) in [6.45, 7) is 0. The Kier molecular flexibility index (Phi) is 6.28. The first-order chi connectivity index (χ1) is 16.7. The molecule has 34 heavy (non-hydrogen) atoms. The normalized spacial score (nSPS) is 13.8. The molecule has 0 saturated heterocycles. The van der Waals surface area contributed by atoms with E-state index in [1.807, 2.05) is 24.3 Å². The van der Waals surface area contributed by atoms with Gasteiger partial charge in [0.15, 0.2) is 11.6 Å². The summed E-state index contributed by atoms with van der Waals surface area (Å²) in [5, 5.41) is 16.7. The molecule has 174 valence electrons. The number of ether oxygens (including phenoxy) is 1. The van der Waals surface area contributed by atoms with Gasteiger partial charge >= 0.3 is 0 Å². The number of hydrogen-bond donors (Lipinski definition) is 2. The van der Waals surface area contributed by atoms with Gasteiger partial charge in [0.05, 0.1) is 11.8 Å². The fourth-order valence-electron chi connectivity index (χ4n) is 4.07. The second kappa shape index (κ2) is 9.82. The van der Waals surface area contributed by atoms with Crippen LogP contribution < -0.4 is 15.6 Å². The number of aromatic amines is 1. The number of nitrogens with one attached hydrogen (secondary N) is 2. The third-order valence-electron chi connectivity index (χ3n) is 5.88. The molecule has 1 fully saturated rings. The van der Waals surface area contributed by atoms with Gasteiger partial charge in [0.2, 0.25) is 0 Å². The van der Waals surface area contributed by atoms with Gasteiger partial charge in [0.25, 0.3) is 5.56 Å². The number of tetrazole rings is 1. The minimum Gasteiger partial charge on any atom is -0.490 e.